The summed E-state index contributed by atoms with van der Waals surface area (Å²) in [5, 5.41) is 6.15. The maximum Gasteiger partial charge on any atom is 0.360 e. The van der Waals surface area contributed by atoms with Gasteiger partial charge in [-0.3, -0.25) is 9.59 Å². The number of hydrogen-bond acceptors (Lipinski definition) is 8. The van der Waals surface area contributed by atoms with E-state index in [9.17, 15) is 14.4 Å². The predicted molar refractivity (Wildman–Crippen MR) is 148 cm³/mol. The van der Waals surface area contributed by atoms with Gasteiger partial charge >= 0.3 is 5.97 Å². The van der Waals surface area contributed by atoms with Crippen LogP contribution in [-0.4, -0.2) is 34.9 Å². The molecule has 10 heteroatoms. The van der Waals surface area contributed by atoms with Gasteiger partial charge in [0.15, 0.2) is 22.6 Å². The number of benzene rings is 2. The zero-order valence-corrected chi connectivity index (χ0v) is 23.2. The maximum absolute atomic E-state index is 14.3. The van der Waals surface area contributed by atoms with E-state index in [0.29, 0.717) is 36.1 Å². The highest BCUT2D eigenvalue weighted by atomic mass is 16.5. The number of oxazole rings is 2. The van der Waals surface area contributed by atoms with Crippen LogP contribution in [0.15, 0.2) is 63.6 Å². The van der Waals surface area contributed by atoms with Gasteiger partial charge in [-0.25, -0.2) is 14.8 Å². The minimum Gasteiger partial charge on any atom is -0.464 e. The Kier molecular flexibility index (Phi) is 6.28. The van der Waals surface area contributed by atoms with Gasteiger partial charge in [0.2, 0.25) is 23.6 Å². The van der Waals surface area contributed by atoms with Crippen LogP contribution in [0.4, 0.5) is 5.69 Å². The standard InChI is InChI=1S/C31H30N4O6/c1-30(2,3)24-27-35-23(26-32-21(16-40-26)28(37)39-4)25(41-27)31(18-10-6-5-7-11-18)19-15-17(9-8-12-22(36)34-24)13-14-20(19)33-29(31)38/h5-7,10-11,13-16,24H,8-9,12H2,1-4H3,(H,33,38)(H,34,36)/t24-,31-/m1/s1. The lowest BCUT2D eigenvalue weighted by atomic mass is 9.72. The fourth-order valence-electron chi connectivity index (χ4n) is 5.61. The van der Waals surface area contributed by atoms with Crippen molar-refractivity contribution in [2.45, 2.75) is 51.5 Å². The summed E-state index contributed by atoms with van der Waals surface area (Å²) in [5.41, 5.74) is 1.09. The first-order valence-electron chi connectivity index (χ1n) is 13.5. The molecule has 2 atom stereocenters. The average molecular weight is 555 g/mol. The number of amides is 2. The quantitative estimate of drug-likeness (QED) is 0.340. The van der Waals surface area contributed by atoms with Crippen molar-refractivity contribution in [1.29, 1.82) is 0 Å². The van der Waals surface area contributed by atoms with Gasteiger partial charge in [0.05, 0.1) is 7.11 Å². The number of methoxy groups -OCH3 is 1. The molecule has 2 aromatic heterocycles. The largest absolute Gasteiger partial charge is 0.464 e. The highest BCUT2D eigenvalue weighted by molar-refractivity contribution is 6.11. The van der Waals surface area contributed by atoms with E-state index in [1.165, 1.54) is 13.4 Å². The molecule has 0 radical (unpaired) electrons. The molecule has 4 bridgehead atoms. The third-order valence-electron chi connectivity index (χ3n) is 7.66. The number of esters is 1. The molecule has 0 fully saturated rings. The minimum atomic E-state index is -1.46. The van der Waals surface area contributed by atoms with Crippen molar-refractivity contribution < 1.29 is 28.0 Å². The number of carbonyl (C=O) groups is 3. The fraction of sp³-hybridized carbons (Fsp3) is 0.323. The third kappa shape index (κ3) is 4.30. The summed E-state index contributed by atoms with van der Waals surface area (Å²) in [6, 6.07) is 14.5. The van der Waals surface area contributed by atoms with Crippen LogP contribution in [0.3, 0.4) is 0 Å². The molecule has 210 valence electrons. The molecule has 2 aromatic carbocycles. The molecule has 2 N–H and O–H groups in total. The van der Waals surface area contributed by atoms with Crippen LogP contribution in [0.2, 0.25) is 0 Å². The molecule has 0 unspecified atom stereocenters. The summed E-state index contributed by atoms with van der Waals surface area (Å²) in [5.74, 6) is -0.794. The van der Waals surface area contributed by atoms with Gasteiger partial charge in [-0.05, 0) is 35.4 Å². The number of carbonyl (C=O) groups excluding carboxylic acids is 3. The molecule has 6 rings (SSSR count). The maximum atomic E-state index is 14.3. The second-order valence-corrected chi connectivity index (χ2v) is 11.4. The van der Waals surface area contributed by atoms with E-state index < -0.39 is 22.8 Å². The van der Waals surface area contributed by atoms with Crippen molar-refractivity contribution in [3.8, 4) is 11.6 Å². The molecule has 0 spiro atoms. The average Bonchev–Trinajstić information content (AvgIpc) is 3.66. The zero-order chi connectivity index (χ0) is 28.9. The van der Waals surface area contributed by atoms with Crippen molar-refractivity contribution in [3.63, 3.8) is 0 Å². The molecule has 0 saturated carbocycles. The number of aryl methyl sites for hydroxylation is 1. The first kappa shape index (κ1) is 26.5. The van der Waals surface area contributed by atoms with Crippen molar-refractivity contribution in [1.82, 2.24) is 15.3 Å². The summed E-state index contributed by atoms with van der Waals surface area (Å²) in [6.45, 7) is 5.91. The van der Waals surface area contributed by atoms with E-state index in [4.69, 9.17) is 18.6 Å². The Morgan fingerprint density at radius 1 is 1.07 bits per heavy atom. The summed E-state index contributed by atoms with van der Waals surface area (Å²) >= 11 is 0. The van der Waals surface area contributed by atoms with Crippen LogP contribution >= 0.6 is 0 Å². The second-order valence-electron chi connectivity index (χ2n) is 11.4. The monoisotopic (exact) mass is 554 g/mol. The molecule has 4 aromatic rings. The van der Waals surface area contributed by atoms with Gasteiger partial charge in [0.1, 0.15) is 12.3 Å². The lowest BCUT2D eigenvalue weighted by Gasteiger charge is -2.29. The Bertz CT molecular complexity index is 1670. The third-order valence-corrected chi connectivity index (χ3v) is 7.66. The van der Waals surface area contributed by atoms with E-state index >= 15 is 0 Å². The highest BCUT2D eigenvalue weighted by Crippen LogP contribution is 2.51. The SMILES string of the molecule is COC(=O)c1coc(-c2nc3oc2[C@]2(c4ccccc4)C(=O)Nc4ccc(cc42)CCCC(=O)N[C@H]3C(C)(C)C)n1. The molecule has 0 aliphatic carbocycles. The highest BCUT2D eigenvalue weighted by Gasteiger charge is 2.55. The van der Waals surface area contributed by atoms with E-state index in [1.54, 1.807) is 0 Å². The van der Waals surface area contributed by atoms with Gasteiger partial charge in [-0.1, -0.05) is 63.2 Å². The molecule has 2 aliphatic rings. The molecule has 2 aliphatic heterocycles. The number of aromatic nitrogens is 2. The fourth-order valence-corrected chi connectivity index (χ4v) is 5.61. The lowest BCUT2D eigenvalue weighted by molar-refractivity contribution is -0.123. The Labute approximate surface area is 236 Å². The topological polar surface area (TPSA) is 137 Å². The number of nitrogens with one attached hydrogen (secondary N) is 2. The number of fused-ring (bicyclic) bond motifs is 4. The van der Waals surface area contributed by atoms with Gasteiger partial charge in [0, 0.05) is 17.7 Å². The van der Waals surface area contributed by atoms with Gasteiger partial charge in [0.25, 0.3) is 0 Å². The number of rotatable bonds is 3. The van der Waals surface area contributed by atoms with Crippen LogP contribution in [0.25, 0.3) is 11.6 Å². The molecule has 4 heterocycles. The Balaban J connectivity index is 1.71. The smallest absolute Gasteiger partial charge is 0.360 e. The molecular weight excluding hydrogens is 524 g/mol. The van der Waals surface area contributed by atoms with E-state index in [0.717, 1.165) is 5.56 Å². The van der Waals surface area contributed by atoms with Crippen molar-refractivity contribution in [2.75, 3.05) is 12.4 Å². The molecule has 10 nitrogen and oxygen atoms in total. The van der Waals surface area contributed by atoms with Crippen molar-refractivity contribution in [2.24, 2.45) is 5.41 Å². The van der Waals surface area contributed by atoms with Crippen LogP contribution in [0, 0.1) is 5.41 Å². The number of hydrogen-bond donors (Lipinski definition) is 2. The van der Waals surface area contributed by atoms with Crippen LogP contribution < -0.4 is 10.6 Å². The number of nitrogens with zero attached hydrogens (tertiary/aromatic N) is 2. The minimum absolute atomic E-state index is 0.0193. The van der Waals surface area contributed by atoms with Crippen LogP contribution in [0.5, 0.6) is 0 Å². The van der Waals surface area contributed by atoms with E-state index in [-0.39, 0.29) is 40.7 Å². The summed E-state index contributed by atoms with van der Waals surface area (Å²) < 4.78 is 17.2. The Morgan fingerprint density at radius 2 is 1.85 bits per heavy atom. The zero-order valence-electron chi connectivity index (χ0n) is 23.2. The summed E-state index contributed by atoms with van der Waals surface area (Å²) in [7, 11) is 1.25. The van der Waals surface area contributed by atoms with Crippen LogP contribution in [0.1, 0.15) is 78.5 Å². The second kappa shape index (κ2) is 9.72. The summed E-state index contributed by atoms with van der Waals surface area (Å²) in [6.07, 6.45) is 2.77. The van der Waals surface area contributed by atoms with E-state index in [2.05, 4.69) is 15.6 Å². The lowest BCUT2D eigenvalue weighted by Crippen LogP contribution is -2.37. The molecule has 0 saturated heterocycles. The van der Waals surface area contributed by atoms with Crippen molar-refractivity contribution >= 4 is 23.5 Å². The first-order chi connectivity index (χ1) is 19.6. The number of anilines is 1. The normalized spacial score (nSPS) is 20.3. The molecule has 41 heavy (non-hydrogen) atoms. The van der Waals surface area contributed by atoms with E-state index in [1.807, 2.05) is 69.3 Å². The van der Waals surface area contributed by atoms with Gasteiger partial charge in [-0.15, -0.1) is 0 Å². The molecular formula is C31H30N4O6. The molecule has 2 amide bonds. The number of ether oxygens (including phenoxy) is 1. The van der Waals surface area contributed by atoms with Gasteiger partial charge in [-0.2, -0.15) is 0 Å². The Hall–Kier alpha value is -4.73. The van der Waals surface area contributed by atoms with Gasteiger partial charge < -0.3 is 24.2 Å². The first-order valence-corrected chi connectivity index (χ1v) is 13.5. The Morgan fingerprint density at radius 3 is 2.59 bits per heavy atom. The van der Waals surface area contributed by atoms with Crippen LogP contribution in [-0.2, 0) is 26.2 Å². The van der Waals surface area contributed by atoms with Crippen molar-refractivity contribution in [3.05, 3.63) is 88.8 Å². The summed E-state index contributed by atoms with van der Waals surface area (Å²) in [4.78, 5) is 48.8. The predicted octanol–water partition coefficient (Wildman–Crippen LogP) is 4.94.